The summed E-state index contributed by atoms with van der Waals surface area (Å²) >= 11 is 5.95. The molecule has 3 rings (SSSR count). The van der Waals surface area contributed by atoms with Crippen molar-refractivity contribution in [1.82, 2.24) is 0 Å². The maximum atomic E-state index is 12.3. The smallest absolute Gasteiger partial charge is 0.308 e. The number of nitrogens with zero attached hydrogens (tertiary/aromatic N) is 1. The van der Waals surface area contributed by atoms with Crippen molar-refractivity contribution in [2.24, 2.45) is 0 Å². The first-order chi connectivity index (χ1) is 13.8. The summed E-state index contributed by atoms with van der Waals surface area (Å²) in [6, 6.07) is 12.2. The first kappa shape index (κ1) is 20.7. The van der Waals surface area contributed by atoms with Crippen molar-refractivity contribution in [3.63, 3.8) is 0 Å². The van der Waals surface area contributed by atoms with Crippen LogP contribution in [0.15, 0.2) is 42.5 Å². The van der Waals surface area contributed by atoms with Crippen molar-refractivity contribution in [3.8, 4) is 5.75 Å². The molecule has 1 heterocycles. The lowest BCUT2D eigenvalue weighted by Crippen LogP contribution is -2.40. The van der Waals surface area contributed by atoms with E-state index in [0.29, 0.717) is 22.1 Å². The van der Waals surface area contributed by atoms with E-state index in [0.717, 1.165) is 5.56 Å². The van der Waals surface area contributed by atoms with E-state index >= 15 is 0 Å². The predicted molar refractivity (Wildman–Crippen MR) is 109 cm³/mol. The number of halogens is 1. The highest BCUT2D eigenvalue weighted by Crippen LogP contribution is 2.31. The number of carbonyl (C=O) groups excluding carboxylic acids is 3. The average molecular weight is 417 g/mol. The van der Waals surface area contributed by atoms with Crippen LogP contribution in [0.3, 0.4) is 0 Å². The molecule has 0 aromatic heterocycles. The van der Waals surface area contributed by atoms with E-state index in [2.05, 4.69) is 5.32 Å². The average Bonchev–Trinajstić information content (AvgIpc) is 2.69. The van der Waals surface area contributed by atoms with E-state index < -0.39 is 18.0 Å². The summed E-state index contributed by atoms with van der Waals surface area (Å²) in [4.78, 5) is 38.1. The minimum Gasteiger partial charge on any atom is -0.482 e. The molecule has 0 aliphatic carbocycles. The van der Waals surface area contributed by atoms with Gasteiger partial charge in [-0.15, -0.1) is 0 Å². The molecule has 2 amide bonds. The molecule has 1 aliphatic rings. The summed E-state index contributed by atoms with van der Waals surface area (Å²) in [5.74, 6) is -0.687. The molecular weight excluding hydrogens is 396 g/mol. The maximum absolute atomic E-state index is 12.3. The number of fused-ring (bicyclic) bond motifs is 1. The lowest BCUT2D eigenvalue weighted by molar-refractivity contribution is -0.153. The van der Waals surface area contributed by atoms with E-state index in [1.54, 1.807) is 36.4 Å². The Kier molecular flexibility index (Phi) is 6.39. The first-order valence-corrected chi connectivity index (χ1v) is 9.51. The molecule has 1 atom stereocenters. The number of ether oxygens (including phenoxy) is 2. The fraction of sp³-hybridized carbons (Fsp3) is 0.286. The van der Waals surface area contributed by atoms with Gasteiger partial charge >= 0.3 is 5.97 Å². The molecular formula is C21H21ClN2O5. The number of aryl methyl sites for hydroxylation is 1. The van der Waals surface area contributed by atoms with Gasteiger partial charge in [-0.25, -0.2) is 0 Å². The van der Waals surface area contributed by atoms with Crippen LogP contribution in [0.4, 0.5) is 11.4 Å². The third-order valence-corrected chi connectivity index (χ3v) is 4.72. The first-order valence-electron chi connectivity index (χ1n) is 9.14. The van der Waals surface area contributed by atoms with Crippen LogP contribution in [0.5, 0.6) is 5.75 Å². The van der Waals surface area contributed by atoms with E-state index in [1.807, 2.05) is 13.0 Å². The van der Waals surface area contributed by atoms with Gasteiger partial charge in [-0.1, -0.05) is 29.8 Å². The highest BCUT2D eigenvalue weighted by Gasteiger charge is 2.26. The van der Waals surface area contributed by atoms with Crippen LogP contribution in [0, 0.1) is 6.92 Å². The van der Waals surface area contributed by atoms with Crippen LogP contribution in [-0.2, 0) is 19.1 Å². The van der Waals surface area contributed by atoms with E-state index in [1.165, 1.54) is 11.8 Å². The van der Waals surface area contributed by atoms with Gasteiger partial charge in [0.15, 0.2) is 12.7 Å². The van der Waals surface area contributed by atoms with Gasteiger partial charge < -0.3 is 19.7 Å². The van der Waals surface area contributed by atoms with Crippen molar-refractivity contribution in [2.45, 2.75) is 26.4 Å². The largest absolute Gasteiger partial charge is 0.482 e. The third-order valence-electron chi connectivity index (χ3n) is 4.48. The Labute approximate surface area is 173 Å². The normalized spacial score (nSPS) is 13.9. The van der Waals surface area contributed by atoms with Gasteiger partial charge in [-0.05, 0) is 43.7 Å². The summed E-state index contributed by atoms with van der Waals surface area (Å²) in [6.07, 6.45) is -1.04. The third kappa shape index (κ3) is 5.06. The molecule has 0 radical (unpaired) electrons. The molecule has 0 bridgehead atoms. The minimum absolute atomic E-state index is 0.0477. The summed E-state index contributed by atoms with van der Waals surface area (Å²) in [5, 5.41) is 3.19. The van der Waals surface area contributed by atoms with Gasteiger partial charge in [0.25, 0.3) is 11.8 Å². The fourth-order valence-electron chi connectivity index (χ4n) is 2.88. The summed E-state index contributed by atoms with van der Waals surface area (Å²) in [6.45, 7) is 3.38. The predicted octanol–water partition coefficient (Wildman–Crippen LogP) is 3.33. The number of hydrogen-bond donors (Lipinski definition) is 1. The van der Waals surface area contributed by atoms with Crippen LogP contribution in [0.2, 0.25) is 5.02 Å². The molecule has 1 N–H and O–H groups in total. The number of benzene rings is 2. The number of rotatable bonds is 6. The van der Waals surface area contributed by atoms with Crippen molar-refractivity contribution in [2.75, 3.05) is 23.4 Å². The molecule has 1 aliphatic heterocycles. The van der Waals surface area contributed by atoms with Gasteiger partial charge in [-0.2, -0.15) is 0 Å². The van der Waals surface area contributed by atoms with Gasteiger partial charge in [-0.3, -0.25) is 14.4 Å². The van der Waals surface area contributed by atoms with Gasteiger partial charge in [0.1, 0.15) is 5.75 Å². The number of amides is 2. The summed E-state index contributed by atoms with van der Waals surface area (Å²) in [7, 11) is 0. The van der Waals surface area contributed by atoms with E-state index in [-0.39, 0.29) is 25.5 Å². The molecule has 0 saturated heterocycles. The number of nitrogens with one attached hydrogen (secondary N) is 1. The topological polar surface area (TPSA) is 84.9 Å². The quantitative estimate of drug-likeness (QED) is 0.730. The van der Waals surface area contributed by atoms with Gasteiger partial charge in [0, 0.05) is 17.3 Å². The highest BCUT2D eigenvalue weighted by molar-refractivity contribution is 6.31. The van der Waals surface area contributed by atoms with Crippen LogP contribution in [0.25, 0.3) is 0 Å². The molecule has 152 valence electrons. The van der Waals surface area contributed by atoms with Gasteiger partial charge in [0.2, 0.25) is 0 Å². The van der Waals surface area contributed by atoms with Crippen molar-refractivity contribution in [3.05, 3.63) is 53.1 Å². The second-order valence-electron chi connectivity index (χ2n) is 6.63. The Bertz CT molecular complexity index is 946. The molecule has 7 nitrogen and oxygen atoms in total. The second kappa shape index (κ2) is 8.96. The van der Waals surface area contributed by atoms with Crippen molar-refractivity contribution in [1.29, 1.82) is 0 Å². The molecule has 0 spiro atoms. The molecule has 2 aromatic rings. The zero-order valence-corrected chi connectivity index (χ0v) is 16.9. The Morgan fingerprint density at radius 3 is 2.83 bits per heavy atom. The number of anilines is 2. The van der Waals surface area contributed by atoms with Crippen LogP contribution < -0.4 is 15.0 Å². The van der Waals surface area contributed by atoms with Crippen molar-refractivity contribution >= 4 is 40.8 Å². The van der Waals surface area contributed by atoms with Crippen LogP contribution >= 0.6 is 11.6 Å². The minimum atomic E-state index is -0.992. The molecule has 8 heteroatoms. The number of esters is 1. The standard InChI is InChI=1S/C21H21ClN2O5/c1-13-7-8-15(22)11-16(13)23-21(27)14(2)29-20(26)9-10-24-17-5-3-4-6-18(17)28-12-19(24)25/h3-8,11,14H,9-10,12H2,1-2H3,(H,23,27)/t14-/m0/s1. The summed E-state index contributed by atoms with van der Waals surface area (Å²) < 4.78 is 10.6. The fourth-order valence-corrected chi connectivity index (χ4v) is 3.05. The Morgan fingerprint density at radius 1 is 1.28 bits per heavy atom. The van der Waals surface area contributed by atoms with Crippen LogP contribution in [-0.4, -0.2) is 37.0 Å². The zero-order valence-electron chi connectivity index (χ0n) is 16.1. The Balaban J connectivity index is 1.54. The highest BCUT2D eigenvalue weighted by atomic mass is 35.5. The Hall–Kier alpha value is -3.06. The molecule has 0 unspecified atom stereocenters. The number of hydrogen-bond acceptors (Lipinski definition) is 5. The maximum Gasteiger partial charge on any atom is 0.308 e. The monoisotopic (exact) mass is 416 g/mol. The molecule has 0 fully saturated rings. The SMILES string of the molecule is Cc1ccc(Cl)cc1NC(=O)[C@H](C)OC(=O)CCN1C(=O)COc2ccccc21. The van der Waals surface area contributed by atoms with Gasteiger partial charge in [0.05, 0.1) is 12.1 Å². The lowest BCUT2D eigenvalue weighted by Gasteiger charge is -2.29. The molecule has 0 saturated carbocycles. The van der Waals surface area contributed by atoms with Crippen LogP contribution in [0.1, 0.15) is 18.9 Å². The van der Waals surface area contributed by atoms with E-state index in [4.69, 9.17) is 21.1 Å². The Morgan fingerprint density at radius 2 is 2.03 bits per heavy atom. The number of carbonyl (C=O) groups is 3. The van der Waals surface area contributed by atoms with E-state index in [9.17, 15) is 14.4 Å². The van der Waals surface area contributed by atoms with Crippen molar-refractivity contribution < 1.29 is 23.9 Å². The lowest BCUT2D eigenvalue weighted by atomic mass is 10.2. The number of para-hydroxylation sites is 2. The molecule has 29 heavy (non-hydrogen) atoms. The summed E-state index contributed by atoms with van der Waals surface area (Å²) in [5.41, 5.74) is 2.01. The zero-order chi connectivity index (χ0) is 21.0. The second-order valence-corrected chi connectivity index (χ2v) is 7.07. The molecule has 2 aromatic carbocycles.